The molecule has 1 unspecified atom stereocenters. The minimum atomic E-state index is -0.272. The van der Waals surface area contributed by atoms with Gasteiger partial charge in [-0.05, 0) is 69.0 Å². The van der Waals surface area contributed by atoms with Crippen molar-refractivity contribution in [3.8, 4) is 5.75 Å². The highest BCUT2D eigenvalue weighted by molar-refractivity contribution is 5.93. The van der Waals surface area contributed by atoms with E-state index < -0.39 is 0 Å². The van der Waals surface area contributed by atoms with Crippen molar-refractivity contribution >= 4 is 28.4 Å². The Kier molecular flexibility index (Phi) is 9.39. The van der Waals surface area contributed by atoms with Crippen LogP contribution in [0.25, 0.3) is 10.9 Å². The Morgan fingerprint density at radius 3 is 2.50 bits per heavy atom. The van der Waals surface area contributed by atoms with Gasteiger partial charge in [-0.3, -0.25) is 14.5 Å². The first-order valence-electron chi connectivity index (χ1n) is 14.7. The van der Waals surface area contributed by atoms with Crippen LogP contribution in [-0.4, -0.2) is 85.1 Å². The Morgan fingerprint density at radius 1 is 1.02 bits per heavy atom. The Morgan fingerprint density at radius 2 is 1.75 bits per heavy atom. The number of carbonyl (C=O) groups excluding carboxylic acids is 2. The van der Waals surface area contributed by atoms with Gasteiger partial charge in [0.2, 0.25) is 11.8 Å². The summed E-state index contributed by atoms with van der Waals surface area (Å²) >= 11 is 0. The molecule has 8 nitrogen and oxygen atoms in total. The molecule has 2 aromatic carbocycles. The molecule has 2 N–H and O–H groups in total. The van der Waals surface area contributed by atoms with Gasteiger partial charge < -0.3 is 24.8 Å². The van der Waals surface area contributed by atoms with Gasteiger partial charge in [0, 0.05) is 49.7 Å². The monoisotopic (exact) mass is 545 g/mol. The van der Waals surface area contributed by atoms with Crippen LogP contribution in [0.5, 0.6) is 5.75 Å². The van der Waals surface area contributed by atoms with E-state index in [2.05, 4.69) is 32.2 Å². The number of methoxy groups -OCH3 is 1. The van der Waals surface area contributed by atoms with Gasteiger partial charge in [0.05, 0.1) is 25.4 Å². The molecule has 2 aliphatic rings. The van der Waals surface area contributed by atoms with Crippen molar-refractivity contribution in [2.45, 2.75) is 57.5 Å². The second-order valence-corrected chi connectivity index (χ2v) is 11.2. The van der Waals surface area contributed by atoms with Gasteiger partial charge in [-0.15, -0.1) is 0 Å². The minimum Gasteiger partial charge on any atom is -0.495 e. The van der Waals surface area contributed by atoms with Gasteiger partial charge >= 0.3 is 0 Å². The molecule has 2 saturated heterocycles. The molecule has 214 valence electrons. The lowest BCUT2D eigenvalue weighted by molar-refractivity contribution is -0.123. The molecule has 0 aliphatic carbocycles. The lowest BCUT2D eigenvalue weighted by atomic mass is 10.00. The number of benzene rings is 2. The molecule has 0 radical (unpaired) electrons. The van der Waals surface area contributed by atoms with Gasteiger partial charge in [-0.1, -0.05) is 36.8 Å². The molecule has 8 heteroatoms. The fourth-order valence-corrected chi connectivity index (χ4v) is 6.40. The summed E-state index contributed by atoms with van der Waals surface area (Å²) in [6.07, 6.45) is 8.84. The number of H-pyrrole nitrogens is 1. The number of amides is 2. The molecule has 40 heavy (non-hydrogen) atoms. The van der Waals surface area contributed by atoms with Gasteiger partial charge in [0.15, 0.2) is 0 Å². The summed E-state index contributed by atoms with van der Waals surface area (Å²) in [5.41, 5.74) is 2.88. The van der Waals surface area contributed by atoms with E-state index in [1.54, 1.807) is 18.9 Å². The van der Waals surface area contributed by atoms with Crippen molar-refractivity contribution in [1.29, 1.82) is 0 Å². The maximum absolute atomic E-state index is 13.4. The SMILES string of the molecule is COc1ccccc1N(CC(Cc1c[nH]c2ccccc12)NC(=O)CN1CCC(N2CCCCC2)CC1)C(C)=O. The molecule has 0 spiro atoms. The van der Waals surface area contributed by atoms with E-state index in [0.29, 0.717) is 37.0 Å². The van der Waals surface area contributed by atoms with E-state index >= 15 is 0 Å². The van der Waals surface area contributed by atoms with E-state index in [-0.39, 0.29) is 17.9 Å². The quantitative estimate of drug-likeness (QED) is 0.399. The van der Waals surface area contributed by atoms with Crippen LogP contribution in [0.1, 0.15) is 44.6 Å². The van der Waals surface area contributed by atoms with Gasteiger partial charge in [-0.2, -0.15) is 0 Å². The van der Waals surface area contributed by atoms with Crippen LogP contribution >= 0.6 is 0 Å². The fraction of sp³-hybridized carbons (Fsp3) is 0.500. The van der Waals surface area contributed by atoms with Crippen LogP contribution in [0, 0.1) is 0 Å². The van der Waals surface area contributed by atoms with Crippen LogP contribution in [-0.2, 0) is 16.0 Å². The number of fused-ring (bicyclic) bond motifs is 1. The van der Waals surface area contributed by atoms with Crippen molar-refractivity contribution in [2.75, 3.05) is 51.3 Å². The number of aromatic amines is 1. The van der Waals surface area contributed by atoms with Crippen LogP contribution in [0.15, 0.2) is 54.7 Å². The number of anilines is 1. The molecule has 2 amide bonds. The highest BCUT2D eigenvalue weighted by Gasteiger charge is 2.28. The predicted molar refractivity (Wildman–Crippen MR) is 160 cm³/mol. The van der Waals surface area contributed by atoms with E-state index in [0.717, 1.165) is 42.4 Å². The van der Waals surface area contributed by atoms with E-state index in [9.17, 15) is 9.59 Å². The average molecular weight is 546 g/mol. The summed E-state index contributed by atoms with van der Waals surface area (Å²) in [7, 11) is 1.61. The second-order valence-electron chi connectivity index (χ2n) is 11.2. The Hall–Kier alpha value is -3.36. The number of para-hydroxylation sites is 3. The first-order chi connectivity index (χ1) is 19.5. The number of piperidine rings is 2. The fourth-order valence-electron chi connectivity index (χ4n) is 6.40. The number of hydrogen-bond acceptors (Lipinski definition) is 5. The Bertz CT molecular complexity index is 1280. The highest BCUT2D eigenvalue weighted by Crippen LogP contribution is 2.29. The van der Waals surface area contributed by atoms with Gasteiger partial charge in [0.1, 0.15) is 5.75 Å². The maximum atomic E-state index is 13.4. The third kappa shape index (κ3) is 6.85. The Balaban J connectivity index is 1.28. The lowest BCUT2D eigenvalue weighted by Crippen LogP contribution is -2.51. The minimum absolute atomic E-state index is 0.00444. The number of likely N-dealkylation sites (tertiary alicyclic amines) is 2. The molecule has 1 atom stereocenters. The molecule has 3 heterocycles. The largest absolute Gasteiger partial charge is 0.495 e. The standard InChI is InChI=1S/C32H43N5O3/c1-24(38)37(30-12-6-7-13-31(30)40-2)22-26(20-25-21-33-29-11-5-4-10-28(25)29)34-32(39)23-35-18-14-27(15-19-35)36-16-8-3-9-17-36/h4-7,10-13,21,26-27,33H,3,8-9,14-20,22-23H2,1-2H3,(H,34,39). The number of aromatic nitrogens is 1. The first kappa shape index (κ1) is 28.2. The zero-order valence-electron chi connectivity index (χ0n) is 23.9. The summed E-state index contributed by atoms with van der Waals surface area (Å²) in [6, 6.07) is 16.1. The normalized spacial score (nSPS) is 17.9. The van der Waals surface area contributed by atoms with Crippen LogP contribution in [0.4, 0.5) is 5.69 Å². The number of rotatable bonds is 10. The lowest BCUT2D eigenvalue weighted by Gasteiger charge is -2.40. The molecule has 0 bridgehead atoms. The zero-order valence-corrected chi connectivity index (χ0v) is 23.9. The average Bonchev–Trinajstić information content (AvgIpc) is 3.39. The first-order valence-corrected chi connectivity index (χ1v) is 14.7. The number of carbonyl (C=O) groups is 2. The molecule has 3 aromatic rings. The van der Waals surface area contributed by atoms with Crippen molar-refractivity contribution in [3.63, 3.8) is 0 Å². The maximum Gasteiger partial charge on any atom is 0.234 e. The topological polar surface area (TPSA) is 80.9 Å². The molecular weight excluding hydrogens is 502 g/mol. The smallest absolute Gasteiger partial charge is 0.234 e. The summed E-state index contributed by atoms with van der Waals surface area (Å²) in [5, 5.41) is 4.43. The van der Waals surface area contributed by atoms with Gasteiger partial charge in [0.25, 0.3) is 0 Å². The molecule has 5 rings (SSSR count). The summed E-state index contributed by atoms with van der Waals surface area (Å²) < 4.78 is 5.56. The molecular formula is C32H43N5O3. The third-order valence-corrected chi connectivity index (χ3v) is 8.50. The van der Waals surface area contributed by atoms with Crippen molar-refractivity contribution in [1.82, 2.24) is 20.1 Å². The predicted octanol–water partition coefficient (Wildman–Crippen LogP) is 4.21. The summed E-state index contributed by atoms with van der Waals surface area (Å²) in [4.78, 5) is 36.3. The van der Waals surface area contributed by atoms with Crippen molar-refractivity contribution in [3.05, 3.63) is 60.3 Å². The Labute approximate surface area is 237 Å². The van der Waals surface area contributed by atoms with E-state index in [1.807, 2.05) is 42.6 Å². The molecule has 0 saturated carbocycles. The van der Waals surface area contributed by atoms with E-state index in [1.165, 1.54) is 32.4 Å². The number of hydrogen-bond donors (Lipinski definition) is 2. The number of nitrogens with one attached hydrogen (secondary N) is 2. The summed E-state index contributed by atoms with van der Waals surface area (Å²) in [6.45, 7) is 6.62. The third-order valence-electron chi connectivity index (χ3n) is 8.50. The van der Waals surface area contributed by atoms with Crippen LogP contribution in [0.2, 0.25) is 0 Å². The van der Waals surface area contributed by atoms with Gasteiger partial charge in [-0.25, -0.2) is 0 Å². The molecule has 1 aromatic heterocycles. The van der Waals surface area contributed by atoms with Crippen molar-refractivity contribution < 1.29 is 14.3 Å². The highest BCUT2D eigenvalue weighted by atomic mass is 16.5. The molecule has 2 aliphatic heterocycles. The van der Waals surface area contributed by atoms with Crippen LogP contribution in [0.3, 0.4) is 0 Å². The van der Waals surface area contributed by atoms with Crippen molar-refractivity contribution in [2.24, 2.45) is 0 Å². The zero-order chi connectivity index (χ0) is 27.9. The number of nitrogens with zero attached hydrogens (tertiary/aromatic N) is 3. The van der Waals surface area contributed by atoms with E-state index in [4.69, 9.17) is 4.74 Å². The van der Waals surface area contributed by atoms with Crippen LogP contribution < -0.4 is 15.0 Å². The second kappa shape index (κ2) is 13.3. The molecule has 2 fully saturated rings. The summed E-state index contributed by atoms with van der Waals surface area (Å²) in [5.74, 6) is 0.540. The number of ether oxygens (including phenoxy) is 1.